The highest BCUT2D eigenvalue weighted by Gasteiger charge is 2.08. The Bertz CT molecular complexity index is 742. The second kappa shape index (κ2) is 5.53. The van der Waals surface area contributed by atoms with Gasteiger partial charge in [-0.3, -0.25) is 0 Å². The number of rotatable bonds is 4. The predicted molar refractivity (Wildman–Crippen MR) is 81.2 cm³/mol. The fraction of sp³-hybridized carbons (Fsp3) is 0. The maximum Gasteiger partial charge on any atom is 0.238 e. The summed E-state index contributed by atoms with van der Waals surface area (Å²) in [7, 11) is -3.73. The largest absolute Gasteiger partial charge is 0.389 e. The topological polar surface area (TPSA) is 111 Å². The molecule has 0 bridgehead atoms. The van der Waals surface area contributed by atoms with E-state index in [1.807, 2.05) is 0 Å². The van der Waals surface area contributed by atoms with Crippen molar-refractivity contribution in [2.75, 3.05) is 5.32 Å². The van der Waals surface area contributed by atoms with Gasteiger partial charge in [0, 0.05) is 17.4 Å². The van der Waals surface area contributed by atoms with E-state index in [0.29, 0.717) is 17.1 Å². The molecular weight excluding hydrogens is 296 g/mol. The van der Waals surface area contributed by atoms with Crippen molar-refractivity contribution in [3.63, 3.8) is 0 Å². The van der Waals surface area contributed by atoms with Gasteiger partial charge in [0.15, 0.2) is 0 Å². The van der Waals surface area contributed by atoms with Gasteiger partial charge >= 0.3 is 0 Å². The summed E-state index contributed by atoms with van der Waals surface area (Å²) in [6.07, 6.45) is 1.54. The third kappa shape index (κ3) is 3.50. The first kappa shape index (κ1) is 14.4. The SMILES string of the molecule is NC(=S)c1ccc(Nc2cccc(S(N)(=O)=O)c2)nc1. The molecule has 0 aliphatic rings. The first-order valence-electron chi connectivity index (χ1n) is 5.52. The van der Waals surface area contributed by atoms with Crippen LogP contribution in [-0.4, -0.2) is 18.4 Å². The first-order valence-corrected chi connectivity index (χ1v) is 7.47. The number of nitrogens with two attached hydrogens (primary N) is 2. The number of sulfonamides is 1. The molecule has 0 fully saturated rings. The molecule has 0 unspecified atom stereocenters. The van der Waals surface area contributed by atoms with E-state index < -0.39 is 10.0 Å². The van der Waals surface area contributed by atoms with Gasteiger partial charge in [0.2, 0.25) is 10.0 Å². The highest BCUT2D eigenvalue weighted by Crippen LogP contribution is 2.18. The molecule has 0 atom stereocenters. The summed E-state index contributed by atoms with van der Waals surface area (Å²) in [6, 6.07) is 9.56. The molecule has 0 spiro atoms. The van der Waals surface area contributed by atoms with Gasteiger partial charge in [0.1, 0.15) is 10.8 Å². The van der Waals surface area contributed by atoms with Gasteiger partial charge in [-0.15, -0.1) is 0 Å². The van der Waals surface area contributed by atoms with Crippen molar-refractivity contribution in [1.29, 1.82) is 0 Å². The smallest absolute Gasteiger partial charge is 0.238 e. The molecule has 2 aromatic rings. The minimum Gasteiger partial charge on any atom is -0.389 e. The van der Waals surface area contributed by atoms with E-state index in [0.717, 1.165) is 0 Å². The molecule has 1 aromatic carbocycles. The molecule has 104 valence electrons. The number of primary sulfonamides is 1. The van der Waals surface area contributed by atoms with E-state index in [-0.39, 0.29) is 9.88 Å². The van der Waals surface area contributed by atoms with E-state index in [1.165, 1.54) is 18.3 Å². The second-order valence-electron chi connectivity index (χ2n) is 3.99. The number of anilines is 2. The van der Waals surface area contributed by atoms with Crippen LogP contribution in [0.5, 0.6) is 0 Å². The summed E-state index contributed by atoms with van der Waals surface area (Å²) in [5, 5.41) is 8.04. The zero-order valence-electron chi connectivity index (χ0n) is 10.3. The van der Waals surface area contributed by atoms with Crippen molar-refractivity contribution in [1.82, 2.24) is 4.98 Å². The Balaban J connectivity index is 2.24. The Kier molecular flexibility index (Phi) is 3.98. The van der Waals surface area contributed by atoms with E-state index >= 15 is 0 Å². The standard InChI is InChI=1S/C12H12N4O2S2/c13-12(19)8-4-5-11(15-7-8)16-9-2-1-3-10(6-9)20(14,17)18/h1-7H,(H2,13,19)(H,15,16)(H2,14,17,18). The van der Waals surface area contributed by atoms with Gasteiger partial charge < -0.3 is 11.1 Å². The van der Waals surface area contributed by atoms with Crippen molar-refractivity contribution in [3.05, 3.63) is 48.2 Å². The predicted octanol–water partition coefficient (Wildman–Crippen LogP) is 1.11. The van der Waals surface area contributed by atoms with E-state index in [2.05, 4.69) is 10.3 Å². The van der Waals surface area contributed by atoms with Gasteiger partial charge in [-0.05, 0) is 30.3 Å². The van der Waals surface area contributed by atoms with Gasteiger partial charge in [-0.25, -0.2) is 18.5 Å². The highest BCUT2D eigenvalue weighted by atomic mass is 32.2. The van der Waals surface area contributed by atoms with Crippen LogP contribution in [0.1, 0.15) is 5.56 Å². The van der Waals surface area contributed by atoms with Gasteiger partial charge in [0.05, 0.1) is 4.90 Å². The van der Waals surface area contributed by atoms with E-state index in [9.17, 15) is 8.42 Å². The maximum absolute atomic E-state index is 11.3. The quantitative estimate of drug-likeness (QED) is 0.730. The van der Waals surface area contributed by atoms with Crippen molar-refractivity contribution in [2.24, 2.45) is 10.9 Å². The molecule has 1 heterocycles. The van der Waals surface area contributed by atoms with Crippen LogP contribution in [0.15, 0.2) is 47.5 Å². The average molecular weight is 308 g/mol. The second-order valence-corrected chi connectivity index (χ2v) is 6.00. The molecule has 0 saturated carbocycles. The number of nitrogens with one attached hydrogen (secondary N) is 1. The minimum absolute atomic E-state index is 0.0299. The fourth-order valence-electron chi connectivity index (χ4n) is 1.51. The molecule has 0 aliphatic heterocycles. The Labute approximate surface area is 121 Å². The van der Waals surface area contributed by atoms with E-state index in [4.69, 9.17) is 23.1 Å². The summed E-state index contributed by atoms with van der Waals surface area (Å²) < 4.78 is 22.5. The molecular formula is C12H12N4O2S2. The van der Waals surface area contributed by atoms with Crippen molar-refractivity contribution < 1.29 is 8.42 Å². The molecule has 6 nitrogen and oxygen atoms in total. The molecule has 0 radical (unpaired) electrons. The maximum atomic E-state index is 11.3. The Morgan fingerprint density at radius 1 is 1.25 bits per heavy atom. The monoisotopic (exact) mass is 308 g/mol. The number of benzene rings is 1. The highest BCUT2D eigenvalue weighted by molar-refractivity contribution is 7.89. The van der Waals surface area contributed by atoms with Crippen LogP contribution >= 0.6 is 12.2 Å². The normalized spacial score (nSPS) is 11.1. The molecule has 8 heteroatoms. The molecule has 0 aliphatic carbocycles. The lowest BCUT2D eigenvalue weighted by Gasteiger charge is -2.07. The lowest BCUT2D eigenvalue weighted by Crippen LogP contribution is -2.12. The average Bonchev–Trinajstić information content (AvgIpc) is 2.38. The number of hydrogen-bond donors (Lipinski definition) is 3. The summed E-state index contributed by atoms with van der Waals surface area (Å²) in [4.78, 5) is 4.42. The summed E-state index contributed by atoms with van der Waals surface area (Å²) in [6.45, 7) is 0. The van der Waals surface area contributed by atoms with Gasteiger partial charge in [-0.2, -0.15) is 0 Å². The Morgan fingerprint density at radius 2 is 2.00 bits per heavy atom. The zero-order chi connectivity index (χ0) is 14.8. The number of hydrogen-bond acceptors (Lipinski definition) is 5. The summed E-state index contributed by atoms with van der Waals surface area (Å²) >= 11 is 4.83. The van der Waals surface area contributed by atoms with Crippen molar-refractivity contribution >= 4 is 38.7 Å². The first-order chi connectivity index (χ1) is 9.36. The minimum atomic E-state index is -3.73. The van der Waals surface area contributed by atoms with Crippen LogP contribution in [0.2, 0.25) is 0 Å². The third-order valence-electron chi connectivity index (χ3n) is 2.48. The van der Waals surface area contributed by atoms with Crippen LogP contribution in [0.4, 0.5) is 11.5 Å². The lowest BCUT2D eigenvalue weighted by atomic mass is 10.3. The number of nitrogens with zero attached hydrogens (tertiary/aromatic N) is 1. The van der Waals surface area contributed by atoms with E-state index in [1.54, 1.807) is 24.3 Å². The molecule has 20 heavy (non-hydrogen) atoms. The summed E-state index contributed by atoms with van der Waals surface area (Å²) in [5.41, 5.74) is 6.69. The van der Waals surface area contributed by atoms with Crippen LogP contribution in [0.3, 0.4) is 0 Å². The molecule has 0 amide bonds. The third-order valence-corrected chi connectivity index (χ3v) is 3.63. The summed E-state index contributed by atoms with van der Waals surface area (Å²) in [5.74, 6) is 0.538. The Morgan fingerprint density at radius 3 is 2.55 bits per heavy atom. The van der Waals surface area contributed by atoms with Crippen molar-refractivity contribution in [2.45, 2.75) is 4.90 Å². The van der Waals surface area contributed by atoms with Crippen LogP contribution in [-0.2, 0) is 10.0 Å². The lowest BCUT2D eigenvalue weighted by molar-refractivity contribution is 0.598. The molecule has 2 rings (SSSR count). The van der Waals surface area contributed by atoms with Crippen LogP contribution < -0.4 is 16.2 Å². The van der Waals surface area contributed by atoms with Crippen molar-refractivity contribution in [3.8, 4) is 0 Å². The fourth-order valence-corrected chi connectivity index (χ4v) is 2.19. The zero-order valence-corrected chi connectivity index (χ0v) is 11.9. The van der Waals surface area contributed by atoms with Gasteiger partial charge in [0.25, 0.3) is 0 Å². The molecule has 0 saturated heterocycles. The molecule has 1 aromatic heterocycles. The number of thiocarbonyl (C=S) groups is 1. The number of aromatic nitrogens is 1. The van der Waals surface area contributed by atoms with Crippen LogP contribution in [0.25, 0.3) is 0 Å². The number of pyridine rings is 1. The van der Waals surface area contributed by atoms with Crippen LogP contribution in [0, 0.1) is 0 Å². The Hall–Kier alpha value is -2.03. The molecule has 5 N–H and O–H groups in total. The van der Waals surface area contributed by atoms with Gasteiger partial charge in [-0.1, -0.05) is 18.3 Å².